The highest BCUT2D eigenvalue weighted by Gasteiger charge is 2.24. The van der Waals surface area contributed by atoms with Crippen LogP contribution in [-0.4, -0.2) is 27.9 Å². The van der Waals surface area contributed by atoms with Crippen LogP contribution < -0.4 is 10.2 Å². The third kappa shape index (κ3) is 3.47. The van der Waals surface area contributed by atoms with Crippen molar-refractivity contribution in [3.05, 3.63) is 54.1 Å². The summed E-state index contributed by atoms with van der Waals surface area (Å²) >= 11 is 0. The maximum atomic E-state index is 13.1. The number of rotatable bonds is 4. The highest BCUT2D eigenvalue weighted by molar-refractivity contribution is 6.05. The minimum atomic E-state index is -0.198. The Hall–Kier alpha value is -3.15. The highest BCUT2D eigenvalue weighted by atomic mass is 16.2. The number of hydrogen-bond acceptors (Lipinski definition) is 3. The van der Waals surface area contributed by atoms with Crippen molar-refractivity contribution in [1.82, 2.24) is 9.55 Å². The number of fused-ring (bicyclic) bond motifs is 1. The molecule has 1 aliphatic carbocycles. The van der Waals surface area contributed by atoms with E-state index in [4.69, 9.17) is 4.98 Å². The Morgan fingerprint density at radius 1 is 1.00 bits per heavy atom. The van der Waals surface area contributed by atoms with E-state index in [2.05, 4.69) is 16.0 Å². The number of benzene rings is 2. The molecule has 30 heavy (non-hydrogen) atoms. The van der Waals surface area contributed by atoms with E-state index in [-0.39, 0.29) is 11.8 Å². The van der Waals surface area contributed by atoms with E-state index in [1.807, 2.05) is 30.3 Å². The van der Waals surface area contributed by atoms with Crippen LogP contribution in [0.4, 0.5) is 11.6 Å². The van der Waals surface area contributed by atoms with Crippen molar-refractivity contribution in [3.63, 3.8) is 0 Å². The summed E-state index contributed by atoms with van der Waals surface area (Å²) in [6.07, 6.45) is 7.33. The van der Waals surface area contributed by atoms with Gasteiger partial charge in [-0.1, -0.05) is 37.5 Å². The molecule has 0 unspecified atom stereocenters. The van der Waals surface area contributed by atoms with Crippen molar-refractivity contribution >= 4 is 34.5 Å². The molecule has 0 atom stereocenters. The summed E-state index contributed by atoms with van der Waals surface area (Å²) < 4.78 is 2.21. The van der Waals surface area contributed by atoms with Crippen LogP contribution in [0.1, 0.15) is 61.3 Å². The van der Waals surface area contributed by atoms with Gasteiger partial charge in [0.05, 0.1) is 11.0 Å². The van der Waals surface area contributed by atoms with E-state index in [0.29, 0.717) is 30.5 Å². The van der Waals surface area contributed by atoms with E-state index < -0.39 is 0 Å². The molecule has 1 saturated carbocycles. The summed E-state index contributed by atoms with van der Waals surface area (Å²) in [5.74, 6) is 0.526. The first-order valence-electron chi connectivity index (χ1n) is 10.9. The Bertz CT molecular complexity index is 1100. The van der Waals surface area contributed by atoms with E-state index in [1.54, 1.807) is 17.0 Å². The van der Waals surface area contributed by atoms with E-state index in [9.17, 15) is 9.59 Å². The van der Waals surface area contributed by atoms with Gasteiger partial charge < -0.3 is 9.47 Å². The lowest BCUT2D eigenvalue weighted by molar-refractivity contribution is -0.117. The van der Waals surface area contributed by atoms with Crippen molar-refractivity contribution in [2.45, 2.75) is 51.0 Å². The van der Waals surface area contributed by atoms with Crippen molar-refractivity contribution in [2.24, 2.45) is 0 Å². The maximum Gasteiger partial charge on any atom is 0.258 e. The van der Waals surface area contributed by atoms with Gasteiger partial charge in [0.15, 0.2) is 0 Å². The highest BCUT2D eigenvalue weighted by Crippen LogP contribution is 2.34. The lowest BCUT2D eigenvalue weighted by Crippen LogP contribution is -2.24. The number of anilines is 2. The minimum Gasteiger partial charge on any atom is -0.312 e. The SMILES string of the molecule is O=C(Nc1nc2ccccc2n1C1CCCCC1)c1cccc(N2CCCC2=O)c1. The first-order valence-corrected chi connectivity index (χ1v) is 10.9. The molecule has 6 heteroatoms. The molecule has 2 fully saturated rings. The van der Waals surface area contributed by atoms with Crippen LogP contribution in [0, 0.1) is 0 Å². The Balaban J connectivity index is 1.46. The smallest absolute Gasteiger partial charge is 0.258 e. The number of carbonyl (C=O) groups excluding carboxylic acids is 2. The molecule has 154 valence electrons. The summed E-state index contributed by atoms with van der Waals surface area (Å²) in [7, 11) is 0. The van der Waals surface area contributed by atoms with Gasteiger partial charge >= 0.3 is 0 Å². The van der Waals surface area contributed by atoms with Gasteiger partial charge in [-0.15, -0.1) is 0 Å². The third-order valence-electron chi connectivity index (χ3n) is 6.25. The molecule has 1 saturated heterocycles. The van der Waals surface area contributed by atoms with Gasteiger partial charge in [0.25, 0.3) is 5.91 Å². The number of nitrogens with one attached hydrogen (secondary N) is 1. The molecule has 2 amide bonds. The van der Waals surface area contributed by atoms with Gasteiger partial charge in [-0.3, -0.25) is 14.9 Å². The number of carbonyl (C=O) groups is 2. The number of aromatic nitrogens is 2. The number of imidazole rings is 1. The molecule has 2 aliphatic rings. The normalized spacial score (nSPS) is 17.6. The van der Waals surface area contributed by atoms with Crippen molar-refractivity contribution in [3.8, 4) is 0 Å². The average Bonchev–Trinajstić information content (AvgIpc) is 3.37. The Morgan fingerprint density at radius 3 is 2.63 bits per heavy atom. The van der Waals surface area contributed by atoms with Gasteiger partial charge in [-0.2, -0.15) is 0 Å². The monoisotopic (exact) mass is 402 g/mol. The summed E-state index contributed by atoms with van der Waals surface area (Å²) in [5.41, 5.74) is 3.28. The van der Waals surface area contributed by atoms with Crippen LogP contribution in [-0.2, 0) is 4.79 Å². The van der Waals surface area contributed by atoms with Crippen molar-refractivity contribution in [2.75, 3.05) is 16.8 Å². The summed E-state index contributed by atoms with van der Waals surface area (Å²) in [5, 5.41) is 3.05. The number of hydrogen-bond donors (Lipinski definition) is 1. The Kier molecular flexibility index (Phi) is 4.99. The van der Waals surface area contributed by atoms with Gasteiger partial charge in [0.2, 0.25) is 11.9 Å². The van der Waals surface area contributed by atoms with Crippen LogP contribution >= 0.6 is 0 Å². The lowest BCUT2D eigenvalue weighted by atomic mass is 9.95. The third-order valence-corrected chi connectivity index (χ3v) is 6.25. The maximum absolute atomic E-state index is 13.1. The summed E-state index contributed by atoms with van der Waals surface area (Å²) in [6, 6.07) is 15.7. The second kappa shape index (κ2) is 7.94. The van der Waals surface area contributed by atoms with Gasteiger partial charge in [-0.25, -0.2) is 4.98 Å². The fourth-order valence-electron chi connectivity index (χ4n) is 4.75. The molecule has 6 nitrogen and oxygen atoms in total. The molecule has 1 aromatic heterocycles. The zero-order valence-corrected chi connectivity index (χ0v) is 17.0. The molecule has 0 spiro atoms. The number of para-hydroxylation sites is 2. The molecule has 0 radical (unpaired) electrons. The molecule has 3 aromatic rings. The second-order valence-electron chi connectivity index (χ2n) is 8.24. The van der Waals surface area contributed by atoms with Crippen LogP contribution in [0.3, 0.4) is 0 Å². The predicted octanol–water partition coefficient (Wildman–Crippen LogP) is 4.92. The first-order chi connectivity index (χ1) is 14.7. The number of nitrogens with zero attached hydrogens (tertiary/aromatic N) is 3. The van der Waals surface area contributed by atoms with Gasteiger partial charge in [0, 0.05) is 30.3 Å². The average molecular weight is 402 g/mol. The van der Waals surface area contributed by atoms with E-state index in [0.717, 1.165) is 36.0 Å². The fourth-order valence-corrected chi connectivity index (χ4v) is 4.75. The Labute approximate surface area is 175 Å². The summed E-state index contributed by atoms with van der Waals surface area (Å²) in [6.45, 7) is 0.710. The van der Waals surface area contributed by atoms with E-state index >= 15 is 0 Å². The van der Waals surface area contributed by atoms with Crippen molar-refractivity contribution in [1.29, 1.82) is 0 Å². The molecular formula is C24H26N4O2. The molecule has 2 heterocycles. The molecule has 1 aliphatic heterocycles. The van der Waals surface area contributed by atoms with Crippen LogP contribution in [0.5, 0.6) is 0 Å². The van der Waals surface area contributed by atoms with Crippen LogP contribution in [0.15, 0.2) is 48.5 Å². The molecule has 0 bridgehead atoms. The Morgan fingerprint density at radius 2 is 1.83 bits per heavy atom. The second-order valence-corrected chi connectivity index (χ2v) is 8.24. The molecule has 1 N–H and O–H groups in total. The predicted molar refractivity (Wildman–Crippen MR) is 118 cm³/mol. The largest absolute Gasteiger partial charge is 0.312 e. The van der Waals surface area contributed by atoms with E-state index in [1.165, 1.54) is 19.3 Å². The van der Waals surface area contributed by atoms with Crippen molar-refractivity contribution < 1.29 is 9.59 Å². The van der Waals surface area contributed by atoms with Crippen LogP contribution in [0.25, 0.3) is 11.0 Å². The first kappa shape index (κ1) is 18.9. The van der Waals surface area contributed by atoms with Crippen LogP contribution in [0.2, 0.25) is 0 Å². The zero-order chi connectivity index (χ0) is 20.5. The van der Waals surface area contributed by atoms with Gasteiger partial charge in [-0.05, 0) is 49.6 Å². The number of amides is 2. The lowest BCUT2D eigenvalue weighted by Gasteiger charge is -2.25. The topological polar surface area (TPSA) is 67.2 Å². The molecule has 5 rings (SSSR count). The molecule has 2 aromatic carbocycles. The minimum absolute atomic E-state index is 0.117. The van der Waals surface area contributed by atoms with Gasteiger partial charge in [0.1, 0.15) is 0 Å². The summed E-state index contributed by atoms with van der Waals surface area (Å²) in [4.78, 5) is 31.7. The zero-order valence-electron chi connectivity index (χ0n) is 17.0. The molecular weight excluding hydrogens is 376 g/mol. The quantitative estimate of drug-likeness (QED) is 0.673. The fraction of sp³-hybridized carbons (Fsp3) is 0.375. The standard InChI is InChI=1S/C24H26N4O2/c29-22-14-7-15-27(22)19-11-6-8-17(16-19)23(30)26-24-25-20-12-4-5-13-21(20)28(24)18-9-2-1-3-10-18/h4-6,8,11-13,16,18H,1-3,7,9-10,14-15H2,(H,25,26,30).